The molecule has 0 aliphatic carbocycles. The maximum atomic E-state index is 11.6. The number of hydrogen-bond acceptors (Lipinski definition) is 3. The molecule has 0 heterocycles. The van der Waals surface area contributed by atoms with Crippen molar-refractivity contribution in [3.63, 3.8) is 0 Å². The monoisotopic (exact) mass is 240 g/mol. The van der Waals surface area contributed by atoms with Gasteiger partial charge < -0.3 is 4.74 Å². The lowest BCUT2D eigenvalue weighted by Gasteiger charge is -2.07. The van der Waals surface area contributed by atoms with E-state index in [4.69, 9.17) is 0 Å². The number of allylic oxidation sites excluding steroid dienone is 2. The lowest BCUT2D eigenvalue weighted by Crippen LogP contribution is -2.22. The van der Waals surface area contributed by atoms with Crippen molar-refractivity contribution in [2.75, 3.05) is 7.11 Å². The van der Waals surface area contributed by atoms with Gasteiger partial charge in [0.25, 0.3) is 0 Å². The number of carbonyl (C=O) groups is 2. The standard InChI is InChI=1S/C14H24O3/c1-11(2)9-7-5-6-8-10-13(15)12(3)14(16)17-4/h9,12H,5-8,10H2,1-4H3. The van der Waals surface area contributed by atoms with E-state index < -0.39 is 11.9 Å². The molecule has 0 radical (unpaired) electrons. The van der Waals surface area contributed by atoms with Crippen LogP contribution in [-0.4, -0.2) is 18.9 Å². The van der Waals surface area contributed by atoms with Gasteiger partial charge in [0.2, 0.25) is 0 Å². The molecule has 0 rings (SSSR count). The van der Waals surface area contributed by atoms with Crippen molar-refractivity contribution in [3.05, 3.63) is 11.6 Å². The highest BCUT2D eigenvalue weighted by atomic mass is 16.5. The van der Waals surface area contributed by atoms with Crippen LogP contribution in [0, 0.1) is 5.92 Å². The lowest BCUT2D eigenvalue weighted by atomic mass is 10.0. The molecule has 0 bridgehead atoms. The van der Waals surface area contributed by atoms with Gasteiger partial charge in [-0.1, -0.05) is 18.1 Å². The van der Waals surface area contributed by atoms with Crippen LogP contribution in [0.5, 0.6) is 0 Å². The van der Waals surface area contributed by atoms with Crippen LogP contribution in [-0.2, 0) is 14.3 Å². The summed E-state index contributed by atoms with van der Waals surface area (Å²) in [5.74, 6) is -1.06. The molecule has 0 aliphatic rings. The van der Waals surface area contributed by atoms with E-state index in [2.05, 4.69) is 24.7 Å². The third-order valence-electron chi connectivity index (χ3n) is 2.72. The van der Waals surface area contributed by atoms with Crippen molar-refractivity contribution in [1.82, 2.24) is 0 Å². The molecule has 0 saturated carbocycles. The van der Waals surface area contributed by atoms with Crippen molar-refractivity contribution >= 4 is 11.8 Å². The van der Waals surface area contributed by atoms with E-state index in [1.165, 1.54) is 12.7 Å². The maximum Gasteiger partial charge on any atom is 0.315 e. The van der Waals surface area contributed by atoms with E-state index in [0.717, 1.165) is 25.7 Å². The number of ether oxygens (including phenoxy) is 1. The summed E-state index contributed by atoms with van der Waals surface area (Å²) in [5.41, 5.74) is 1.33. The van der Waals surface area contributed by atoms with Crippen LogP contribution in [0.3, 0.4) is 0 Å². The third kappa shape index (κ3) is 7.72. The summed E-state index contributed by atoms with van der Waals surface area (Å²) in [7, 11) is 1.31. The minimum absolute atomic E-state index is 0.0148. The summed E-state index contributed by atoms with van der Waals surface area (Å²) in [6.45, 7) is 5.78. The molecule has 3 nitrogen and oxygen atoms in total. The number of Topliss-reactive ketones (excluding diaryl/α,β-unsaturated/α-hetero) is 1. The van der Waals surface area contributed by atoms with E-state index in [1.54, 1.807) is 6.92 Å². The molecule has 3 heteroatoms. The van der Waals surface area contributed by atoms with Crippen molar-refractivity contribution < 1.29 is 14.3 Å². The molecule has 0 fully saturated rings. The van der Waals surface area contributed by atoms with Gasteiger partial charge in [0.15, 0.2) is 0 Å². The smallest absolute Gasteiger partial charge is 0.315 e. The lowest BCUT2D eigenvalue weighted by molar-refractivity contribution is -0.148. The highest BCUT2D eigenvalue weighted by Gasteiger charge is 2.20. The number of methoxy groups -OCH3 is 1. The molecule has 0 aromatic heterocycles. The second-order valence-corrected chi connectivity index (χ2v) is 4.59. The van der Waals surface area contributed by atoms with Gasteiger partial charge in [-0.15, -0.1) is 0 Å². The zero-order valence-electron chi connectivity index (χ0n) is 11.4. The fraction of sp³-hybridized carbons (Fsp3) is 0.714. The zero-order valence-corrected chi connectivity index (χ0v) is 11.4. The van der Waals surface area contributed by atoms with Crippen LogP contribution in [0.4, 0.5) is 0 Å². The number of esters is 1. The molecule has 0 aromatic rings. The summed E-state index contributed by atoms with van der Waals surface area (Å²) in [4.78, 5) is 22.7. The average molecular weight is 240 g/mol. The molecule has 98 valence electrons. The molecule has 1 atom stereocenters. The molecule has 0 saturated heterocycles. The Labute approximate surface area is 104 Å². The van der Waals surface area contributed by atoms with Crippen LogP contribution in [0.15, 0.2) is 11.6 Å². The Bertz CT molecular complexity index is 275. The SMILES string of the molecule is COC(=O)C(C)C(=O)CCCCCC=C(C)C. The van der Waals surface area contributed by atoms with E-state index in [-0.39, 0.29) is 5.78 Å². The quantitative estimate of drug-likeness (QED) is 0.283. The van der Waals surface area contributed by atoms with Crippen molar-refractivity contribution in [3.8, 4) is 0 Å². The van der Waals surface area contributed by atoms with Gasteiger partial charge in [0, 0.05) is 6.42 Å². The van der Waals surface area contributed by atoms with E-state index >= 15 is 0 Å². The summed E-state index contributed by atoms with van der Waals surface area (Å²) in [6, 6.07) is 0. The Hall–Kier alpha value is -1.12. The Morgan fingerprint density at radius 3 is 2.35 bits per heavy atom. The fourth-order valence-corrected chi connectivity index (χ4v) is 1.54. The molecular formula is C14H24O3. The molecule has 0 aliphatic heterocycles. The van der Waals surface area contributed by atoms with Gasteiger partial charge in [-0.2, -0.15) is 0 Å². The molecule has 0 spiro atoms. The minimum atomic E-state index is -0.613. The summed E-state index contributed by atoms with van der Waals surface area (Å²) < 4.78 is 4.54. The molecule has 0 amide bonds. The minimum Gasteiger partial charge on any atom is -0.468 e. The van der Waals surface area contributed by atoms with Crippen LogP contribution in [0.2, 0.25) is 0 Å². The first kappa shape index (κ1) is 15.9. The number of unbranched alkanes of at least 4 members (excludes halogenated alkanes) is 3. The maximum absolute atomic E-state index is 11.6. The molecule has 17 heavy (non-hydrogen) atoms. The largest absolute Gasteiger partial charge is 0.468 e. The van der Waals surface area contributed by atoms with Crippen molar-refractivity contribution in [1.29, 1.82) is 0 Å². The molecule has 0 N–H and O–H groups in total. The molecule has 1 unspecified atom stereocenters. The van der Waals surface area contributed by atoms with Crippen LogP contribution >= 0.6 is 0 Å². The normalized spacial score (nSPS) is 11.8. The summed E-state index contributed by atoms with van der Waals surface area (Å²) in [5, 5.41) is 0. The summed E-state index contributed by atoms with van der Waals surface area (Å²) >= 11 is 0. The van der Waals surface area contributed by atoms with Crippen LogP contribution in [0.1, 0.15) is 52.9 Å². The Morgan fingerprint density at radius 1 is 1.18 bits per heavy atom. The number of ketones is 1. The second-order valence-electron chi connectivity index (χ2n) is 4.59. The number of hydrogen-bond donors (Lipinski definition) is 0. The van der Waals surface area contributed by atoms with Gasteiger partial charge >= 0.3 is 5.97 Å². The van der Waals surface area contributed by atoms with Gasteiger partial charge in [-0.25, -0.2) is 0 Å². The van der Waals surface area contributed by atoms with Crippen molar-refractivity contribution in [2.45, 2.75) is 52.9 Å². The van der Waals surface area contributed by atoms with E-state index in [0.29, 0.717) is 6.42 Å². The fourth-order valence-electron chi connectivity index (χ4n) is 1.54. The van der Waals surface area contributed by atoms with Gasteiger partial charge in [0.1, 0.15) is 11.7 Å². The topological polar surface area (TPSA) is 43.4 Å². The summed E-state index contributed by atoms with van der Waals surface area (Å²) in [6.07, 6.45) is 6.75. The third-order valence-corrected chi connectivity index (χ3v) is 2.72. The van der Waals surface area contributed by atoms with Crippen LogP contribution in [0.25, 0.3) is 0 Å². The van der Waals surface area contributed by atoms with Gasteiger partial charge in [-0.05, 0) is 40.0 Å². The first-order chi connectivity index (χ1) is 7.99. The number of carbonyl (C=O) groups excluding carboxylic acids is 2. The molecular weight excluding hydrogens is 216 g/mol. The predicted octanol–water partition coefficient (Wildman–Crippen LogP) is 3.28. The first-order valence-corrected chi connectivity index (χ1v) is 6.23. The van der Waals surface area contributed by atoms with Gasteiger partial charge in [0.05, 0.1) is 7.11 Å². The van der Waals surface area contributed by atoms with Gasteiger partial charge in [-0.3, -0.25) is 9.59 Å². The highest BCUT2D eigenvalue weighted by Crippen LogP contribution is 2.10. The Balaban J connectivity index is 3.65. The number of rotatable bonds is 8. The average Bonchev–Trinajstić information content (AvgIpc) is 2.30. The Morgan fingerprint density at radius 2 is 1.82 bits per heavy atom. The molecule has 0 aromatic carbocycles. The first-order valence-electron chi connectivity index (χ1n) is 6.23. The Kier molecular flexibility index (Phi) is 8.38. The second kappa shape index (κ2) is 8.97. The van der Waals surface area contributed by atoms with E-state index in [9.17, 15) is 9.59 Å². The van der Waals surface area contributed by atoms with Crippen molar-refractivity contribution in [2.24, 2.45) is 5.92 Å². The predicted molar refractivity (Wildman–Crippen MR) is 68.7 cm³/mol. The highest BCUT2D eigenvalue weighted by molar-refractivity contribution is 5.98. The zero-order chi connectivity index (χ0) is 13.3. The van der Waals surface area contributed by atoms with E-state index in [1.807, 2.05) is 0 Å². The van der Waals surface area contributed by atoms with Crippen LogP contribution < -0.4 is 0 Å².